The van der Waals surface area contributed by atoms with Gasteiger partial charge >= 0.3 is 11.9 Å². The number of alkyl halides is 1. The number of methoxy groups -OCH3 is 2. The third-order valence-electron chi connectivity index (χ3n) is 16.1. The molecule has 2 aliphatic heterocycles. The van der Waals surface area contributed by atoms with E-state index in [-0.39, 0.29) is 67.7 Å². The van der Waals surface area contributed by atoms with Crippen LogP contribution in [-0.4, -0.2) is 123 Å². The maximum atomic E-state index is 15.5. The second kappa shape index (κ2) is 32.6. The minimum Gasteiger partial charge on any atom is -0.464 e. The fourth-order valence-corrected chi connectivity index (χ4v) is 13.8. The quantitative estimate of drug-likeness (QED) is 0.00588. The minimum atomic E-state index is -1.73. The van der Waals surface area contributed by atoms with Crippen LogP contribution in [0.2, 0.25) is 0 Å². The van der Waals surface area contributed by atoms with E-state index >= 15 is 9.59 Å². The number of nitrogens with zero attached hydrogens (tertiary/aromatic N) is 3. The zero-order chi connectivity index (χ0) is 65.8. The number of hydrogen-bond acceptors (Lipinski definition) is 18. The van der Waals surface area contributed by atoms with Crippen molar-refractivity contribution in [3.63, 3.8) is 0 Å². The molecule has 18 nitrogen and oxygen atoms in total. The molecule has 2 aliphatic rings. The molecule has 2 saturated heterocycles. The van der Waals surface area contributed by atoms with Crippen molar-refractivity contribution in [1.29, 1.82) is 0 Å². The lowest BCUT2D eigenvalue weighted by atomic mass is 9.77. The van der Waals surface area contributed by atoms with Crippen molar-refractivity contribution in [2.24, 2.45) is 10.6 Å². The Kier molecular flexibility index (Phi) is 23.0. The monoisotopic (exact) mass is 1340 g/mol. The number of rotatable bonds is 32. The summed E-state index contributed by atoms with van der Waals surface area (Å²) in [4.78, 5) is 73.1. The highest BCUT2D eigenvalue weighted by atomic mass is 35.5. The van der Waals surface area contributed by atoms with E-state index in [1.54, 1.807) is 31.7 Å². The molecule has 2 fully saturated rings. The number of amides is 2. The normalized spacial score (nSPS) is 16.5. The van der Waals surface area contributed by atoms with Crippen LogP contribution in [0.25, 0.3) is 0 Å². The van der Waals surface area contributed by atoms with E-state index in [9.17, 15) is 9.59 Å². The maximum absolute atomic E-state index is 15.5. The second-order valence-corrected chi connectivity index (χ2v) is 24.5. The number of benzene rings is 8. The number of thioether (sulfide) groups is 1. The molecule has 95 heavy (non-hydrogen) atoms. The largest absolute Gasteiger partial charge is 0.464 e. The van der Waals surface area contributed by atoms with E-state index in [1.807, 2.05) is 212 Å². The number of anilines is 1. The van der Waals surface area contributed by atoms with Crippen LogP contribution in [0.15, 0.2) is 241 Å². The Morgan fingerprint density at radius 1 is 0.621 bits per heavy atom. The van der Waals surface area contributed by atoms with Crippen LogP contribution in [-0.2, 0) is 58.0 Å². The van der Waals surface area contributed by atoms with Gasteiger partial charge in [-0.25, -0.2) is 9.78 Å². The van der Waals surface area contributed by atoms with Gasteiger partial charge in [0.25, 0.3) is 5.91 Å². The van der Waals surface area contributed by atoms with E-state index in [1.165, 1.54) is 34.1 Å². The number of β-lactam (4-membered cyclic amide) rings is 1. The zero-order valence-corrected chi connectivity index (χ0v) is 54.5. The molecule has 1 aromatic heterocycles. The number of carbonyl (C=O) groups is 4. The Hall–Kier alpha value is -9.38. The first-order chi connectivity index (χ1) is 46.6. The number of fused-ring (bicyclic) bond motifs is 1. The lowest BCUT2D eigenvalue weighted by Gasteiger charge is -2.53. The van der Waals surface area contributed by atoms with Crippen molar-refractivity contribution >= 4 is 69.3 Å². The van der Waals surface area contributed by atoms with Gasteiger partial charge in [0.1, 0.15) is 28.1 Å². The number of esters is 2. The Bertz CT molecular complexity index is 3810. The summed E-state index contributed by atoms with van der Waals surface area (Å²) in [6, 6.07) is 70.7. The molecule has 2 amide bonds. The van der Waals surface area contributed by atoms with E-state index in [0.29, 0.717) is 29.5 Å². The van der Waals surface area contributed by atoms with Crippen LogP contribution in [0.4, 0.5) is 5.13 Å². The fourth-order valence-electron chi connectivity index (χ4n) is 11.1. The third-order valence-corrected chi connectivity index (χ3v) is 18.9. The molecule has 0 spiro atoms. The molecule has 2 N–H and O–H groups in total. The SMILES string of the molecule is COCCOCOc1ccc(C(ON=C(C(=O)NC2C(=O)N3CC(CCl)(C(=O)OC(c4ccccc4)c4ccccc4)CS[C@H]23)c2csc(NC(c3ccccc3)(c3ccccc3)c3ccccc3)n2)C(=O)OC(c2ccccc2)c2ccccc2)cc1OCOCCOC. The molecular weight excluding hydrogens is 1270 g/mol. The summed E-state index contributed by atoms with van der Waals surface area (Å²) in [6.07, 6.45) is -3.42. The van der Waals surface area contributed by atoms with Crippen molar-refractivity contribution in [3.05, 3.63) is 286 Å². The van der Waals surface area contributed by atoms with E-state index < -0.39 is 70.1 Å². The molecule has 0 saturated carbocycles. The summed E-state index contributed by atoms with van der Waals surface area (Å²) in [6.45, 7) is 0.595. The molecule has 8 aromatic carbocycles. The van der Waals surface area contributed by atoms with E-state index in [2.05, 4.69) is 15.8 Å². The molecule has 4 atom stereocenters. The van der Waals surface area contributed by atoms with Gasteiger partial charge in [0, 0.05) is 43.3 Å². The Morgan fingerprint density at radius 2 is 1.09 bits per heavy atom. The van der Waals surface area contributed by atoms with Gasteiger partial charge in [0.05, 0.1) is 26.4 Å². The van der Waals surface area contributed by atoms with Crippen LogP contribution in [0.1, 0.15) is 68.5 Å². The lowest BCUT2D eigenvalue weighted by Crippen LogP contribution is -2.74. The number of oxime groups is 1. The van der Waals surface area contributed by atoms with Gasteiger partial charge in [0.2, 0.25) is 12.0 Å². The standard InChI is InChI=1S/C74H70ClN5O13S2/c1-85-40-42-87-49-89-60-39-38-55(44-61(60)90-50-88-43-41-86-2)66(70(83)91-64(51-24-10-3-11-25-51)52-26-12-4-13-27-52)93-79-62(59-45-94-72(76-59)78-74(56-32-18-7-19-33-56,57-34-20-8-21-35-57)58-36-22-9-23-37-58)67(81)77-63-68(82)80-47-73(46-75,48-95-69(63)80)71(84)92-65(53-28-14-5-15-29-53)54-30-16-6-17-31-54/h3-39,44-45,63-66,69H,40-43,46-50H2,1-2H3,(H,76,78)(H,77,81)/t63?,66?,69-,73?/m1/s1. The second-order valence-electron chi connectivity index (χ2n) is 22.2. The van der Waals surface area contributed by atoms with Crippen molar-refractivity contribution in [2.45, 2.75) is 35.3 Å². The highest BCUT2D eigenvalue weighted by Gasteiger charge is 2.58. The number of hydrogen-bond donors (Lipinski definition) is 2. The van der Waals surface area contributed by atoms with Crippen LogP contribution in [0.3, 0.4) is 0 Å². The van der Waals surface area contributed by atoms with Gasteiger partial charge in [0.15, 0.2) is 48.1 Å². The summed E-state index contributed by atoms with van der Waals surface area (Å²) in [7, 11) is 3.11. The average molecular weight is 1340 g/mol. The molecule has 0 radical (unpaired) electrons. The van der Waals surface area contributed by atoms with Crippen LogP contribution in [0.5, 0.6) is 11.5 Å². The van der Waals surface area contributed by atoms with Gasteiger partial charge in [-0.15, -0.1) is 34.7 Å². The average Bonchev–Trinajstić information content (AvgIpc) is 0.863. The summed E-state index contributed by atoms with van der Waals surface area (Å²) >= 11 is 9.25. The topological polar surface area (TPSA) is 204 Å². The lowest BCUT2D eigenvalue weighted by molar-refractivity contribution is -0.164. The molecule has 0 aliphatic carbocycles. The highest BCUT2D eigenvalue weighted by Crippen LogP contribution is 2.46. The van der Waals surface area contributed by atoms with Crippen molar-refractivity contribution in [1.82, 2.24) is 15.2 Å². The Labute approximate surface area is 564 Å². The molecule has 9 aromatic rings. The van der Waals surface area contributed by atoms with Gasteiger partial charge in [-0.05, 0) is 51.1 Å². The molecule has 11 rings (SSSR count). The third kappa shape index (κ3) is 15.9. The van der Waals surface area contributed by atoms with Crippen LogP contribution < -0.4 is 20.1 Å². The van der Waals surface area contributed by atoms with Gasteiger partial charge in [-0.2, -0.15) is 0 Å². The number of carbonyl (C=O) groups excluding carboxylic acids is 4. The molecule has 3 heterocycles. The smallest absolute Gasteiger partial charge is 0.355 e. The first-order valence-corrected chi connectivity index (χ1v) is 33.2. The molecule has 488 valence electrons. The van der Waals surface area contributed by atoms with Gasteiger partial charge in [-0.3, -0.25) is 14.4 Å². The number of thiazole rings is 1. The zero-order valence-electron chi connectivity index (χ0n) is 52.1. The van der Waals surface area contributed by atoms with Gasteiger partial charge < -0.3 is 58.3 Å². The number of ether oxygens (including phenoxy) is 8. The first-order valence-electron chi connectivity index (χ1n) is 30.7. The number of aromatic nitrogens is 1. The van der Waals surface area contributed by atoms with E-state index in [4.69, 9.17) is 59.3 Å². The predicted octanol–water partition coefficient (Wildman–Crippen LogP) is 12.3. The Balaban J connectivity index is 0.960. The number of nitrogens with one attached hydrogen (secondary N) is 2. The van der Waals surface area contributed by atoms with Crippen molar-refractivity contribution in [2.75, 3.05) is 77.7 Å². The number of halogens is 1. The van der Waals surface area contributed by atoms with Crippen molar-refractivity contribution < 1.29 is 61.9 Å². The van der Waals surface area contributed by atoms with Crippen LogP contribution >= 0.6 is 34.7 Å². The summed E-state index contributed by atoms with van der Waals surface area (Å²) in [5.74, 6) is -2.44. The minimum absolute atomic E-state index is 0.0290. The van der Waals surface area contributed by atoms with Gasteiger partial charge in [-0.1, -0.05) is 224 Å². The van der Waals surface area contributed by atoms with Crippen molar-refractivity contribution in [3.8, 4) is 11.5 Å². The fraction of sp³-hybridized carbons (Fsp3) is 0.243. The molecule has 3 unspecified atom stereocenters. The first kappa shape index (κ1) is 67.1. The molecule has 21 heteroatoms. The summed E-state index contributed by atoms with van der Waals surface area (Å²) in [5, 5.41) is 12.7. The Morgan fingerprint density at radius 3 is 1.58 bits per heavy atom. The maximum Gasteiger partial charge on any atom is 0.355 e. The molecule has 0 bridgehead atoms. The predicted molar refractivity (Wildman–Crippen MR) is 363 cm³/mol. The van der Waals surface area contributed by atoms with Crippen LogP contribution in [0, 0.1) is 5.41 Å². The molecular formula is C74H70ClN5O13S2. The van der Waals surface area contributed by atoms with E-state index in [0.717, 1.165) is 27.8 Å². The summed E-state index contributed by atoms with van der Waals surface area (Å²) < 4.78 is 46.7. The summed E-state index contributed by atoms with van der Waals surface area (Å²) in [5.41, 5.74) is 3.00. The highest BCUT2D eigenvalue weighted by molar-refractivity contribution is 8.00.